The van der Waals surface area contributed by atoms with Crippen LogP contribution in [0.2, 0.25) is 0 Å². The number of para-hydroxylation sites is 1. The molecule has 0 heterocycles. The summed E-state index contributed by atoms with van der Waals surface area (Å²) in [6.07, 6.45) is 2.04. The number of hydrogen-bond donors (Lipinski definition) is 0. The topological polar surface area (TPSA) is 35.5 Å². The predicted molar refractivity (Wildman–Crippen MR) is 83.4 cm³/mol. The smallest absolute Gasteiger partial charge is 0.342 e. The third-order valence-corrected chi connectivity index (χ3v) is 2.26. The van der Waals surface area contributed by atoms with Gasteiger partial charge in [-0.3, -0.25) is 0 Å². The SMILES string of the molecule is CC.CCCCOc1ccccc1C(=O)OC(C)(C)C. The molecule has 1 aromatic rings. The average Bonchev–Trinajstić information content (AvgIpc) is 2.40. The van der Waals surface area contributed by atoms with Crippen molar-refractivity contribution in [3.63, 3.8) is 0 Å². The molecular formula is C17H28O3. The highest BCUT2D eigenvalue weighted by Gasteiger charge is 2.20. The molecule has 0 fully saturated rings. The monoisotopic (exact) mass is 280 g/mol. The number of hydrogen-bond acceptors (Lipinski definition) is 3. The van der Waals surface area contributed by atoms with Gasteiger partial charge in [-0.15, -0.1) is 0 Å². The highest BCUT2D eigenvalue weighted by atomic mass is 16.6. The molecule has 0 amide bonds. The molecular weight excluding hydrogens is 252 g/mol. The lowest BCUT2D eigenvalue weighted by molar-refractivity contribution is 0.00658. The maximum Gasteiger partial charge on any atom is 0.342 e. The van der Waals surface area contributed by atoms with E-state index in [-0.39, 0.29) is 5.97 Å². The molecule has 0 saturated carbocycles. The number of carbonyl (C=O) groups is 1. The lowest BCUT2D eigenvalue weighted by Gasteiger charge is -2.20. The zero-order valence-electron chi connectivity index (χ0n) is 13.7. The first kappa shape index (κ1) is 18.5. The molecule has 0 aliphatic heterocycles. The molecule has 20 heavy (non-hydrogen) atoms. The summed E-state index contributed by atoms with van der Waals surface area (Å²) in [5.74, 6) is 0.259. The van der Waals surface area contributed by atoms with Gasteiger partial charge in [0.05, 0.1) is 6.61 Å². The minimum absolute atomic E-state index is 0.338. The number of benzene rings is 1. The van der Waals surface area contributed by atoms with Crippen LogP contribution in [0.25, 0.3) is 0 Å². The third-order valence-electron chi connectivity index (χ3n) is 2.26. The van der Waals surface area contributed by atoms with Gasteiger partial charge in [0.25, 0.3) is 0 Å². The van der Waals surface area contributed by atoms with E-state index < -0.39 is 5.60 Å². The molecule has 0 N–H and O–H groups in total. The molecule has 0 bridgehead atoms. The van der Waals surface area contributed by atoms with Gasteiger partial charge in [-0.2, -0.15) is 0 Å². The van der Waals surface area contributed by atoms with E-state index in [2.05, 4.69) is 6.92 Å². The molecule has 1 aromatic carbocycles. The van der Waals surface area contributed by atoms with Crippen molar-refractivity contribution in [3.05, 3.63) is 29.8 Å². The normalized spacial score (nSPS) is 10.3. The molecule has 0 spiro atoms. The molecule has 0 aliphatic rings. The number of esters is 1. The number of unbranched alkanes of at least 4 members (excludes halogenated alkanes) is 1. The van der Waals surface area contributed by atoms with Gasteiger partial charge in [0, 0.05) is 0 Å². The molecule has 3 nitrogen and oxygen atoms in total. The fourth-order valence-electron chi connectivity index (χ4n) is 1.42. The quantitative estimate of drug-likeness (QED) is 0.571. The summed E-state index contributed by atoms with van der Waals surface area (Å²) in [6.45, 7) is 12.3. The van der Waals surface area contributed by atoms with Crippen molar-refractivity contribution in [1.82, 2.24) is 0 Å². The summed E-state index contributed by atoms with van der Waals surface area (Å²) in [5.41, 5.74) is -0.00307. The summed E-state index contributed by atoms with van der Waals surface area (Å²) < 4.78 is 11.0. The van der Waals surface area contributed by atoms with E-state index in [9.17, 15) is 4.79 Å². The van der Waals surface area contributed by atoms with Gasteiger partial charge < -0.3 is 9.47 Å². The van der Waals surface area contributed by atoms with E-state index in [0.717, 1.165) is 12.8 Å². The number of rotatable bonds is 5. The Morgan fingerprint density at radius 2 is 1.75 bits per heavy atom. The summed E-state index contributed by atoms with van der Waals surface area (Å²) in [7, 11) is 0. The van der Waals surface area contributed by atoms with Crippen LogP contribution in [-0.2, 0) is 4.74 Å². The van der Waals surface area contributed by atoms with Gasteiger partial charge in [-0.25, -0.2) is 4.79 Å². The number of ether oxygens (including phenoxy) is 2. The standard InChI is InChI=1S/C15H22O3.C2H6/c1-5-6-11-17-13-10-8-7-9-12(13)14(16)18-15(2,3)4;1-2/h7-10H,5-6,11H2,1-4H3;1-2H3. The van der Waals surface area contributed by atoms with Crippen molar-refractivity contribution in [2.24, 2.45) is 0 Å². The predicted octanol–water partition coefficient (Wildman–Crippen LogP) is 4.85. The van der Waals surface area contributed by atoms with Crippen molar-refractivity contribution in [1.29, 1.82) is 0 Å². The fraction of sp³-hybridized carbons (Fsp3) is 0.588. The fourth-order valence-corrected chi connectivity index (χ4v) is 1.42. The minimum Gasteiger partial charge on any atom is -0.493 e. The van der Waals surface area contributed by atoms with Crippen LogP contribution in [0, 0.1) is 0 Å². The Labute approximate surface area is 123 Å². The molecule has 0 saturated heterocycles. The second kappa shape index (κ2) is 9.40. The molecule has 0 unspecified atom stereocenters. The number of carbonyl (C=O) groups excluding carboxylic acids is 1. The van der Waals surface area contributed by atoms with Crippen molar-refractivity contribution < 1.29 is 14.3 Å². The van der Waals surface area contributed by atoms with Gasteiger partial charge in [0.2, 0.25) is 0 Å². The summed E-state index contributed by atoms with van der Waals surface area (Å²) in [6, 6.07) is 7.20. The average molecular weight is 280 g/mol. The van der Waals surface area contributed by atoms with Crippen molar-refractivity contribution >= 4 is 5.97 Å². The van der Waals surface area contributed by atoms with Gasteiger partial charge in [0.1, 0.15) is 16.9 Å². The molecule has 0 aliphatic carbocycles. The first-order chi connectivity index (χ1) is 9.44. The van der Waals surface area contributed by atoms with E-state index in [1.165, 1.54) is 0 Å². The maximum atomic E-state index is 12.0. The Kier molecular flexibility index (Phi) is 8.69. The first-order valence-corrected chi connectivity index (χ1v) is 7.39. The second-order valence-corrected chi connectivity index (χ2v) is 5.20. The minimum atomic E-state index is -0.492. The molecule has 1 rings (SSSR count). The van der Waals surface area contributed by atoms with Crippen molar-refractivity contribution in [2.45, 2.75) is 60.0 Å². The van der Waals surface area contributed by atoms with E-state index >= 15 is 0 Å². The molecule has 114 valence electrons. The maximum absolute atomic E-state index is 12.0. The molecule has 3 heteroatoms. The van der Waals surface area contributed by atoms with E-state index in [1.807, 2.05) is 46.8 Å². The summed E-state index contributed by atoms with van der Waals surface area (Å²) >= 11 is 0. The van der Waals surface area contributed by atoms with Gasteiger partial charge in [0.15, 0.2) is 0 Å². The Morgan fingerprint density at radius 3 is 2.30 bits per heavy atom. The van der Waals surface area contributed by atoms with Crippen molar-refractivity contribution in [3.8, 4) is 5.75 Å². The van der Waals surface area contributed by atoms with Crippen LogP contribution in [0.4, 0.5) is 0 Å². The van der Waals surface area contributed by atoms with Crippen LogP contribution in [0.1, 0.15) is 64.7 Å². The zero-order valence-corrected chi connectivity index (χ0v) is 13.7. The largest absolute Gasteiger partial charge is 0.493 e. The molecule has 0 radical (unpaired) electrons. The highest BCUT2D eigenvalue weighted by molar-refractivity contribution is 5.92. The zero-order chi connectivity index (χ0) is 15.6. The van der Waals surface area contributed by atoms with Gasteiger partial charge >= 0.3 is 5.97 Å². The Morgan fingerprint density at radius 1 is 1.15 bits per heavy atom. The summed E-state index contributed by atoms with van der Waals surface area (Å²) in [5, 5.41) is 0. The highest BCUT2D eigenvalue weighted by Crippen LogP contribution is 2.21. The van der Waals surface area contributed by atoms with Crippen LogP contribution in [0.3, 0.4) is 0 Å². The van der Waals surface area contributed by atoms with Crippen molar-refractivity contribution in [2.75, 3.05) is 6.61 Å². The lowest BCUT2D eigenvalue weighted by Crippen LogP contribution is -2.24. The summed E-state index contributed by atoms with van der Waals surface area (Å²) in [4.78, 5) is 12.0. The molecule has 0 aromatic heterocycles. The second-order valence-electron chi connectivity index (χ2n) is 5.20. The van der Waals surface area contributed by atoms with E-state index in [0.29, 0.717) is 17.9 Å². The van der Waals surface area contributed by atoms with Gasteiger partial charge in [-0.05, 0) is 39.3 Å². The third kappa shape index (κ3) is 7.17. The van der Waals surface area contributed by atoms with Crippen LogP contribution in [0.15, 0.2) is 24.3 Å². The Bertz CT molecular complexity index is 391. The Hall–Kier alpha value is -1.51. The molecule has 0 atom stereocenters. The van der Waals surface area contributed by atoms with Crippen LogP contribution in [0.5, 0.6) is 5.75 Å². The van der Waals surface area contributed by atoms with E-state index in [1.54, 1.807) is 12.1 Å². The van der Waals surface area contributed by atoms with Crippen LogP contribution < -0.4 is 4.74 Å². The van der Waals surface area contributed by atoms with E-state index in [4.69, 9.17) is 9.47 Å². The first-order valence-electron chi connectivity index (χ1n) is 7.39. The van der Waals surface area contributed by atoms with Crippen LogP contribution in [-0.4, -0.2) is 18.2 Å². The van der Waals surface area contributed by atoms with Gasteiger partial charge in [-0.1, -0.05) is 39.3 Å². The Balaban J connectivity index is 0.00000172. The van der Waals surface area contributed by atoms with Crippen LogP contribution >= 0.6 is 0 Å². The lowest BCUT2D eigenvalue weighted by atomic mass is 10.1.